The van der Waals surface area contributed by atoms with Gasteiger partial charge in [-0.15, -0.1) is 0 Å². The van der Waals surface area contributed by atoms with Crippen LogP contribution in [0.15, 0.2) is 0 Å². The van der Waals surface area contributed by atoms with E-state index in [9.17, 15) is 0 Å². The van der Waals surface area contributed by atoms with Crippen molar-refractivity contribution < 1.29 is 0 Å². The molecule has 0 heterocycles. The van der Waals surface area contributed by atoms with E-state index in [0.717, 1.165) is 6.42 Å². The number of hydrogen-bond acceptors (Lipinski definition) is 2. The molecule has 0 aliphatic heterocycles. The Labute approximate surface area is 96.2 Å². The summed E-state index contributed by atoms with van der Waals surface area (Å²) in [7, 11) is 0. The molecule has 2 heteroatoms. The summed E-state index contributed by atoms with van der Waals surface area (Å²) in [5.74, 6) is 0.665. The van der Waals surface area contributed by atoms with Crippen molar-refractivity contribution in [1.29, 1.82) is 0 Å². The second kappa shape index (κ2) is 6.49. The Balaban J connectivity index is 4.36. The molecule has 92 valence electrons. The van der Waals surface area contributed by atoms with Gasteiger partial charge in [0.1, 0.15) is 0 Å². The molecule has 2 nitrogen and oxygen atoms in total. The van der Waals surface area contributed by atoms with Crippen molar-refractivity contribution in [3.8, 4) is 0 Å². The third kappa shape index (κ3) is 6.16. The minimum absolute atomic E-state index is 0.218. The van der Waals surface area contributed by atoms with Crippen molar-refractivity contribution in [1.82, 2.24) is 10.6 Å². The van der Waals surface area contributed by atoms with Crippen molar-refractivity contribution in [2.24, 2.45) is 5.92 Å². The summed E-state index contributed by atoms with van der Waals surface area (Å²) in [6, 6.07) is 0.532. The Morgan fingerprint density at radius 3 is 1.93 bits per heavy atom. The first-order chi connectivity index (χ1) is 6.82. The zero-order valence-electron chi connectivity index (χ0n) is 11.6. The van der Waals surface area contributed by atoms with E-state index in [1.807, 2.05) is 0 Å². The molecule has 0 saturated carbocycles. The average Bonchev–Trinajstić information content (AvgIpc) is 2.14. The van der Waals surface area contributed by atoms with Gasteiger partial charge in [0, 0.05) is 11.6 Å². The van der Waals surface area contributed by atoms with Gasteiger partial charge in [-0.1, -0.05) is 27.2 Å². The lowest BCUT2D eigenvalue weighted by Gasteiger charge is -2.36. The Morgan fingerprint density at radius 2 is 1.60 bits per heavy atom. The van der Waals surface area contributed by atoms with Crippen LogP contribution in [0.5, 0.6) is 0 Å². The molecule has 2 N–H and O–H groups in total. The second-order valence-electron chi connectivity index (χ2n) is 5.57. The summed E-state index contributed by atoms with van der Waals surface area (Å²) >= 11 is 0. The standard InChI is InChI=1S/C13H30N2/c1-8-11(5)12(14-10(3)4)15-13(6,7)9-2/h10-12,14-15H,8-9H2,1-7H3. The lowest BCUT2D eigenvalue weighted by Crippen LogP contribution is -2.56. The summed E-state index contributed by atoms with van der Waals surface area (Å²) in [6.45, 7) is 15.7. The van der Waals surface area contributed by atoms with Gasteiger partial charge in [0.15, 0.2) is 0 Å². The van der Waals surface area contributed by atoms with Gasteiger partial charge in [0.05, 0.1) is 6.17 Å². The van der Waals surface area contributed by atoms with Gasteiger partial charge in [-0.05, 0) is 40.0 Å². The summed E-state index contributed by atoms with van der Waals surface area (Å²) < 4.78 is 0. The Kier molecular flexibility index (Phi) is 6.46. The summed E-state index contributed by atoms with van der Waals surface area (Å²) in [4.78, 5) is 0. The van der Waals surface area contributed by atoms with Crippen LogP contribution in [0, 0.1) is 5.92 Å². The van der Waals surface area contributed by atoms with Crippen molar-refractivity contribution in [2.75, 3.05) is 0 Å². The lowest BCUT2D eigenvalue weighted by molar-refractivity contribution is 0.220. The van der Waals surface area contributed by atoms with E-state index in [1.165, 1.54) is 6.42 Å². The maximum atomic E-state index is 3.71. The van der Waals surface area contributed by atoms with Crippen LogP contribution in [0.1, 0.15) is 61.3 Å². The van der Waals surface area contributed by atoms with Crippen LogP contribution in [-0.2, 0) is 0 Å². The molecule has 0 aromatic heterocycles. The molecule has 2 atom stereocenters. The SMILES string of the molecule is CCC(C)C(NC(C)C)NC(C)(C)CC. The fraction of sp³-hybridized carbons (Fsp3) is 1.00. The minimum atomic E-state index is 0.218. The minimum Gasteiger partial charge on any atom is -0.299 e. The summed E-state index contributed by atoms with van der Waals surface area (Å²) in [5, 5.41) is 7.32. The van der Waals surface area contributed by atoms with Crippen molar-refractivity contribution in [2.45, 2.75) is 79.1 Å². The van der Waals surface area contributed by atoms with Gasteiger partial charge in [0.25, 0.3) is 0 Å². The predicted octanol–water partition coefficient (Wildman–Crippen LogP) is 3.13. The van der Waals surface area contributed by atoms with E-state index in [2.05, 4.69) is 59.1 Å². The highest BCUT2D eigenvalue weighted by Gasteiger charge is 2.23. The quantitative estimate of drug-likeness (QED) is 0.636. The molecule has 0 saturated heterocycles. The van der Waals surface area contributed by atoms with Crippen molar-refractivity contribution in [3.05, 3.63) is 0 Å². The molecule has 0 spiro atoms. The van der Waals surface area contributed by atoms with Crippen molar-refractivity contribution >= 4 is 0 Å². The van der Waals surface area contributed by atoms with Crippen LogP contribution in [0.3, 0.4) is 0 Å². The maximum absolute atomic E-state index is 3.71. The highest BCUT2D eigenvalue weighted by atomic mass is 15.2. The monoisotopic (exact) mass is 214 g/mol. The third-order valence-corrected chi connectivity index (χ3v) is 3.16. The van der Waals surface area contributed by atoms with Gasteiger partial charge in [-0.25, -0.2) is 0 Å². The molecule has 0 bridgehead atoms. The molecule has 0 radical (unpaired) electrons. The van der Waals surface area contributed by atoms with Crippen molar-refractivity contribution in [3.63, 3.8) is 0 Å². The Bertz CT molecular complexity index is 164. The molecule has 0 aromatic rings. The van der Waals surface area contributed by atoms with Gasteiger partial charge in [0.2, 0.25) is 0 Å². The number of nitrogens with one attached hydrogen (secondary N) is 2. The maximum Gasteiger partial charge on any atom is 0.0603 e. The first-order valence-electron chi connectivity index (χ1n) is 6.36. The predicted molar refractivity (Wildman–Crippen MR) is 69.0 cm³/mol. The molecule has 2 unspecified atom stereocenters. The number of rotatable bonds is 7. The van der Waals surface area contributed by atoms with E-state index >= 15 is 0 Å². The smallest absolute Gasteiger partial charge is 0.0603 e. The second-order valence-corrected chi connectivity index (χ2v) is 5.57. The van der Waals surface area contributed by atoms with Gasteiger partial charge >= 0.3 is 0 Å². The van der Waals surface area contributed by atoms with E-state index in [0.29, 0.717) is 18.1 Å². The van der Waals surface area contributed by atoms with Crippen LogP contribution in [-0.4, -0.2) is 17.7 Å². The van der Waals surface area contributed by atoms with E-state index < -0.39 is 0 Å². The normalized spacial score (nSPS) is 16.8. The van der Waals surface area contributed by atoms with E-state index in [1.54, 1.807) is 0 Å². The molecule has 0 amide bonds. The Hall–Kier alpha value is -0.0800. The molecule has 15 heavy (non-hydrogen) atoms. The zero-order valence-corrected chi connectivity index (χ0v) is 11.6. The first-order valence-corrected chi connectivity index (χ1v) is 6.36. The average molecular weight is 214 g/mol. The lowest BCUT2D eigenvalue weighted by atomic mass is 9.97. The topological polar surface area (TPSA) is 24.1 Å². The molecular formula is C13H30N2. The third-order valence-electron chi connectivity index (χ3n) is 3.16. The summed E-state index contributed by atoms with van der Waals surface area (Å²) in [5.41, 5.74) is 0.218. The van der Waals surface area contributed by atoms with Crippen LogP contribution in [0.2, 0.25) is 0 Å². The fourth-order valence-corrected chi connectivity index (χ4v) is 1.47. The van der Waals surface area contributed by atoms with Crippen LogP contribution in [0.4, 0.5) is 0 Å². The number of hydrogen-bond donors (Lipinski definition) is 2. The van der Waals surface area contributed by atoms with Crippen LogP contribution >= 0.6 is 0 Å². The molecule has 0 rings (SSSR count). The van der Waals surface area contributed by atoms with Crippen LogP contribution in [0.25, 0.3) is 0 Å². The zero-order chi connectivity index (χ0) is 12.1. The highest BCUT2D eigenvalue weighted by molar-refractivity contribution is 4.83. The Morgan fingerprint density at radius 1 is 1.07 bits per heavy atom. The molecule has 0 fully saturated rings. The van der Waals surface area contributed by atoms with E-state index in [4.69, 9.17) is 0 Å². The fourth-order valence-electron chi connectivity index (χ4n) is 1.47. The summed E-state index contributed by atoms with van der Waals surface area (Å²) in [6.07, 6.45) is 2.78. The molecule has 0 aliphatic carbocycles. The molecular weight excluding hydrogens is 184 g/mol. The van der Waals surface area contributed by atoms with Crippen LogP contribution < -0.4 is 10.6 Å². The largest absolute Gasteiger partial charge is 0.299 e. The highest BCUT2D eigenvalue weighted by Crippen LogP contribution is 2.13. The molecule has 0 aliphatic rings. The van der Waals surface area contributed by atoms with Gasteiger partial charge in [-0.2, -0.15) is 0 Å². The molecule has 0 aromatic carbocycles. The van der Waals surface area contributed by atoms with Gasteiger partial charge < -0.3 is 0 Å². The first kappa shape index (κ1) is 14.9. The van der Waals surface area contributed by atoms with E-state index in [-0.39, 0.29) is 5.54 Å². The van der Waals surface area contributed by atoms with Gasteiger partial charge in [-0.3, -0.25) is 10.6 Å².